The first-order valence-corrected chi connectivity index (χ1v) is 15.0. The van der Waals surface area contributed by atoms with Crippen LogP contribution in [0.3, 0.4) is 0 Å². The van der Waals surface area contributed by atoms with E-state index >= 15 is 4.39 Å². The second-order valence-corrected chi connectivity index (χ2v) is 10.7. The van der Waals surface area contributed by atoms with Gasteiger partial charge in [-0.1, -0.05) is 18.2 Å². The van der Waals surface area contributed by atoms with Crippen LogP contribution in [0.25, 0.3) is 16.6 Å². The summed E-state index contributed by atoms with van der Waals surface area (Å²) in [7, 11) is 2.96. The Balaban J connectivity index is 1.24. The van der Waals surface area contributed by atoms with Crippen molar-refractivity contribution in [1.29, 1.82) is 0 Å². The Morgan fingerprint density at radius 2 is 1.54 bits per heavy atom. The molecule has 6 rings (SSSR count). The summed E-state index contributed by atoms with van der Waals surface area (Å²) in [5, 5.41) is 2.87. The highest BCUT2D eigenvalue weighted by molar-refractivity contribution is 5.88. The number of nitrogens with zero attached hydrogens (tertiary/aromatic N) is 3. The quantitative estimate of drug-likeness (QED) is 0.171. The fourth-order valence-electron chi connectivity index (χ4n) is 5.13. The summed E-state index contributed by atoms with van der Waals surface area (Å²) < 4.78 is 66.7. The number of amides is 1. The Hall–Kier alpha value is -6.57. The number of ether oxygens (including phenoxy) is 4. The van der Waals surface area contributed by atoms with Gasteiger partial charge < -0.3 is 18.9 Å². The number of aromatic nitrogens is 3. The molecular formula is C36H27F3N4O7. The van der Waals surface area contributed by atoms with Crippen molar-refractivity contribution in [2.75, 3.05) is 19.5 Å². The number of rotatable bonds is 10. The zero-order valence-corrected chi connectivity index (χ0v) is 26.5. The molecule has 2 aromatic heterocycles. The molecule has 14 heteroatoms. The number of hydrogen-bond acceptors (Lipinski definition) is 8. The van der Waals surface area contributed by atoms with Crippen molar-refractivity contribution in [3.05, 3.63) is 141 Å². The molecule has 1 N–H and O–H groups in total. The third-order valence-electron chi connectivity index (χ3n) is 7.60. The van der Waals surface area contributed by atoms with Gasteiger partial charge in [-0.2, -0.15) is 0 Å². The second kappa shape index (κ2) is 14.3. The summed E-state index contributed by atoms with van der Waals surface area (Å²) >= 11 is 0. The van der Waals surface area contributed by atoms with Gasteiger partial charge in [0.25, 0.3) is 0 Å². The fourth-order valence-corrected chi connectivity index (χ4v) is 5.13. The van der Waals surface area contributed by atoms with E-state index in [9.17, 15) is 23.2 Å². The third-order valence-corrected chi connectivity index (χ3v) is 7.60. The summed E-state index contributed by atoms with van der Waals surface area (Å²) in [5.41, 5.74) is -1.07. The standard InChI is InChI=1S/C36H27F3N4O7/c1-47-31-18-25-28(19-32(31)48-2)40-15-13-29(25)49-30-12-9-23(17-27(30)39)41-35(45)50-33-20-42(16-14-21-5-3-4-6-26(21)38)36(46)43(34(33)44)24-10-7-22(37)8-11-24/h3-13,15,17-20H,14,16H2,1-2H3,(H,41,45). The molecule has 50 heavy (non-hydrogen) atoms. The molecular weight excluding hydrogens is 657 g/mol. The molecule has 0 aliphatic carbocycles. The maximum absolute atomic E-state index is 15.2. The van der Waals surface area contributed by atoms with Crippen molar-refractivity contribution in [3.63, 3.8) is 0 Å². The molecule has 254 valence electrons. The number of benzene rings is 4. The number of hydrogen-bond donors (Lipinski definition) is 1. The lowest BCUT2D eigenvalue weighted by atomic mass is 10.1. The number of carbonyl (C=O) groups is 1. The molecule has 2 heterocycles. The van der Waals surface area contributed by atoms with E-state index in [1.807, 2.05) is 0 Å². The van der Waals surface area contributed by atoms with E-state index in [1.165, 1.54) is 56.8 Å². The number of nitrogens with one attached hydrogen (secondary N) is 1. The van der Waals surface area contributed by atoms with Crippen LogP contribution >= 0.6 is 0 Å². The van der Waals surface area contributed by atoms with Gasteiger partial charge in [-0.15, -0.1) is 0 Å². The Morgan fingerprint density at radius 1 is 0.800 bits per heavy atom. The number of fused-ring (bicyclic) bond motifs is 1. The maximum Gasteiger partial charge on any atom is 0.417 e. The number of halogens is 3. The number of anilines is 1. The summed E-state index contributed by atoms with van der Waals surface area (Å²) in [4.78, 5) is 44.0. The van der Waals surface area contributed by atoms with Crippen LogP contribution in [0.1, 0.15) is 5.56 Å². The van der Waals surface area contributed by atoms with E-state index in [2.05, 4.69) is 10.3 Å². The molecule has 0 bridgehead atoms. The fraction of sp³-hybridized carbons (Fsp3) is 0.111. The first kappa shape index (κ1) is 33.3. The molecule has 6 aromatic rings. The second-order valence-electron chi connectivity index (χ2n) is 10.7. The van der Waals surface area contributed by atoms with Crippen molar-refractivity contribution in [1.82, 2.24) is 14.1 Å². The predicted octanol–water partition coefficient (Wildman–Crippen LogP) is 6.63. The zero-order chi connectivity index (χ0) is 35.4. The lowest BCUT2D eigenvalue weighted by molar-refractivity contribution is 0.213. The van der Waals surface area contributed by atoms with E-state index in [4.69, 9.17) is 18.9 Å². The number of methoxy groups -OCH3 is 2. The molecule has 0 spiro atoms. The van der Waals surface area contributed by atoms with Crippen LogP contribution in [-0.4, -0.2) is 34.4 Å². The van der Waals surface area contributed by atoms with Gasteiger partial charge in [0.1, 0.15) is 17.4 Å². The van der Waals surface area contributed by atoms with Crippen LogP contribution in [0.15, 0.2) is 107 Å². The molecule has 4 aromatic carbocycles. The minimum atomic E-state index is -1.18. The third kappa shape index (κ3) is 6.99. The van der Waals surface area contributed by atoms with Gasteiger partial charge in [-0.3, -0.25) is 19.7 Å². The Kier molecular flexibility index (Phi) is 9.52. The van der Waals surface area contributed by atoms with Crippen LogP contribution < -0.4 is 35.5 Å². The molecule has 0 aliphatic heterocycles. The summed E-state index contributed by atoms with van der Waals surface area (Å²) in [6.07, 6.45) is 1.39. The van der Waals surface area contributed by atoms with E-state index in [-0.39, 0.29) is 35.8 Å². The minimum absolute atomic E-state index is 0.00381. The number of pyridine rings is 1. The first-order chi connectivity index (χ1) is 24.1. The predicted molar refractivity (Wildman–Crippen MR) is 177 cm³/mol. The van der Waals surface area contributed by atoms with E-state index in [0.717, 1.165) is 29.0 Å². The van der Waals surface area contributed by atoms with Crippen molar-refractivity contribution in [2.45, 2.75) is 13.0 Å². The van der Waals surface area contributed by atoms with E-state index in [1.54, 1.807) is 30.3 Å². The van der Waals surface area contributed by atoms with Gasteiger partial charge in [0.15, 0.2) is 23.1 Å². The largest absolute Gasteiger partial charge is 0.493 e. The zero-order valence-electron chi connectivity index (χ0n) is 26.5. The average molecular weight is 685 g/mol. The van der Waals surface area contributed by atoms with Crippen molar-refractivity contribution in [2.24, 2.45) is 0 Å². The molecule has 0 fully saturated rings. The van der Waals surface area contributed by atoms with Gasteiger partial charge >= 0.3 is 17.3 Å². The SMILES string of the molecule is COc1cc2nccc(Oc3ccc(NC(=O)Oc4cn(CCc5ccccc5F)c(=O)n(-c5ccc(F)cc5)c4=O)cc3F)c2cc1OC. The summed E-state index contributed by atoms with van der Waals surface area (Å²) in [6.45, 7) is -0.0982. The van der Waals surface area contributed by atoms with E-state index in [0.29, 0.717) is 32.5 Å². The van der Waals surface area contributed by atoms with E-state index < -0.39 is 40.5 Å². The summed E-state index contributed by atoms with van der Waals surface area (Å²) in [5.74, 6) is -1.53. The highest BCUT2D eigenvalue weighted by atomic mass is 19.1. The number of carbonyl (C=O) groups excluding carboxylic acids is 1. The topological polar surface area (TPSA) is 123 Å². The molecule has 0 aliphatic rings. The molecule has 1 amide bonds. The van der Waals surface area contributed by atoms with Crippen LogP contribution in [0.4, 0.5) is 23.7 Å². The monoisotopic (exact) mass is 684 g/mol. The Bertz CT molecular complexity index is 2340. The molecule has 0 saturated carbocycles. The molecule has 0 radical (unpaired) electrons. The Morgan fingerprint density at radius 3 is 2.26 bits per heavy atom. The van der Waals surface area contributed by atoms with Gasteiger partial charge in [0.2, 0.25) is 5.75 Å². The van der Waals surface area contributed by atoms with Gasteiger partial charge in [0, 0.05) is 35.9 Å². The Labute approximate surface area is 281 Å². The molecule has 0 saturated heterocycles. The molecule has 11 nitrogen and oxygen atoms in total. The molecule has 0 atom stereocenters. The lowest BCUT2D eigenvalue weighted by Crippen LogP contribution is -2.40. The average Bonchev–Trinajstić information content (AvgIpc) is 3.11. The number of aryl methyl sites for hydroxylation is 2. The maximum atomic E-state index is 15.2. The van der Waals surface area contributed by atoms with Crippen molar-refractivity contribution in [3.8, 4) is 34.4 Å². The first-order valence-electron chi connectivity index (χ1n) is 15.0. The van der Waals surface area contributed by atoms with Crippen LogP contribution in [0.2, 0.25) is 0 Å². The highest BCUT2D eigenvalue weighted by Crippen LogP contribution is 2.37. The summed E-state index contributed by atoms with van der Waals surface area (Å²) in [6, 6.07) is 19.0. The smallest absolute Gasteiger partial charge is 0.417 e. The highest BCUT2D eigenvalue weighted by Gasteiger charge is 2.19. The normalized spacial score (nSPS) is 10.9. The van der Waals surface area contributed by atoms with Crippen molar-refractivity contribution < 1.29 is 36.9 Å². The van der Waals surface area contributed by atoms with Gasteiger partial charge in [0.05, 0.1) is 31.6 Å². The van der Waals surface area contributed by atoms with Crippen LogP contribution in [0, 0.1) is 17.5 Å². The van der Waals surface area contributed by atoms with Crippen LogP contribution in [0.5, 0.6) is 28.7 Å². The van der Waals surface area contributed by atoms with Crippen molar-refractivity contribution >= 4 is 22.7 Å². The van der Waals surface area contributed by atoms with Gasteiger partial charge in [-0.05, 0) is 66.6 Å². The molecule has 0 unspecified atom stereocenters. The van der Waals surface area contributed by atoms with Crippen LogP contribution in [-0.2, 0) is 13.0 Å². The van der Waals surface area contributed by atoms with Gasteiger partial charge in [-0.25, -0.2) is 27.3 Å². The lowest BCUT2D eigenvalue weighted by Gasteiger charge is -2.14. The minimum Gasteiger partial charge on any atom is -0.493 e.